The van der Waals surface area contributed by atoms with Crippen LogP contribution in [0.2, 0.25) is 0 Å². The minimum Gasteiger partial charge on any atom is -0.346 e. The number of hydrogen-bond acceptors (Lipinski definition) is 2. The van der Waals surface area contributed by atoms with Crippen LogP contribution in [0.4, 0.5) is 0 Å². The Balaban J connectivity index is 2.05. The molecular weight excluding hydrogens is 250 g/mol. The molecule has 1 heterocycles. The quantitative estimate of drug-likeness (QED) is 0.819. The first-order chi connectivity index (χ1) is 9.60. The van der Waals surface area contributed by atoms with Gasteiger partial charge in [-0.25, -0.2) is 4.98 Å². The van der Waals surface area contributed by atoms with Crippen LogP contribution >= 0.6 is 0 Å². The molecule has 0 radical (unpaired) electrons. The molecule has 0 aliphatic heterocycles. The number of fused-ring (bicyclic) bond motifs is 1. The molecule has 0 unspecified atom stereocenters. The molecule has 1 aromatic heterocycles. The first-order valence-corrected chi connectivity index (χ1v) is 7.00. The summed E-state index contributed by atoms with van der Waals surface area (Å²) in [5.74, 6) is 0.803. The van der Waals surface area contributed by atoms with Gasteiger partial charge in [0.25, 0.3) is 0 Å². The van der Waals surface area contributed by atoms with Crippen molar-refractivity contribution in [1.82, 2.24) is 15.3 Å². The summed E-state index contributed by atoms with van der Waals surface area (Å²) < 4.78 is 0. The highest BCUT2D eigenvalue weighted by Gasteiger charge is 2.12. The number of H-pyrrole nitrogens is 1. The van der Waals surface area contributed by atoms with Crippen LogP contribution in [-0.4, -0.2) is 15.9 Å². The van der Waals surface area contributed by atoms with Crippen LogP contribution in [0, 0.1) is 6.92 Å². The predicted molar refractivity (Wildman–Crippen MR) is 81.4 cm³/mol. The molecule has 0 aliphatic carbocycles. The van der Waals surface area contributed by atoms with Crippen molar-refractivity contribution in [2.45, 2.75) is 39.7 Å². The van der Waals surface area contributed by atoms with Gasteiger partial charge in [-0.2, -0.15) is 0 Å². The van der Waals surface area contributed by atoms with E-state index < -0.39 is 0 Å². The Morgan fingerprint density at radius 3 is 3.00 bits per heavy atom. The fraction of sp³-hybridized carbons (Fsp3) is 0.375. The molecule has 0 fully saturated rings. The number of aromatic amines is 1. The lowest BCUT2D eigenvalue weighted by molar-refractivity contribution is -0.120. The Morgan fingerprint density at radius 1 is 1.45 bits per heavy atom. The molecule has 106 valence electrons. The van der Waals surface area contributed by atoms with Crippen molar-refractivity contribution in [3.05, 3.63) is 41.7 Å². The van der Waals surface area contributed by atoms with Gasteiger partial charge in [0, 0.05) is 6.42 Å². The lowest BCUT2D eigenvalue weighted by Crippen LogP contribution is -2.26. The van der Waals surface area contributed by atoms with Gasteiger partial charge in [0.15, 0.2) is 0 Å². The SMILES string of the molecule is CC/C=C/CC(=O)N[C@H](C)c1nc2ccc(C)cc2[nH]1. The van der Waals surface area contributed by atoms with Crippen molar-refractivity contribution in [3.63, 3.8) is 0 Å². The van der Waals surface area contributed by atoms with E-state index in [1.807, 2.05) is 45.1 Å². The third kappa shape index (κ3) is 3.47. The van der Waals surface area contributed by atoms with Crippen molar-refractivity contribution in [1.29, 1.82) is 0 Å². The van der Waals surface area contributed by atoms with Gasteiger partial charge >= 0.3 is 0 Å². The van der Waals surface area contributed by atoms with Crippen molar-refractivity contribution >= 4 is 16.9 Å². The van der Waals surface area contributed by atoms with Crippen LogP contribution in [0.1, 0.15) is 44.1 Å². The van der Waals surface area contributed by atoms with Crippen molar-refractivity contribution in [2.24, 2.45) is 0 Å². The Kier molecular flexibility index (Phi) is 4.56. The second-order valence-corrected chi connectivity index (χ2v) is 5.02. The lowest BCUT2D eigenvalue weighted by Gasteiger charge is -2.10. The molecule has 0 saturated carbocycles. The summed E-state index contributed by atoms with van der Waals surface area (Å²) in [5, 5.41) is 2.95. The molecule has 1 amide bonds. The zero-order chi connectivity index (χ0) is 14.5. The van der Waals surface area contributed by atoms with Gasteiger partial charge in [0.1, 0.15) is 5.82 Å². The molecule has 2 N–H and O–H groups in total. The number of allylic oxidation sites excluding steroid dienone is 1. The highest BCUT2D eigenvalue weighted by Crippen LogP contribution is 2.17. The monoisotopic (exact) mass is 271 g/mol. The smallest absolute Gasteiger partial charge is 0.224 e. The van der Waals surface area contributed by atoms with Gasteiger partial charge < -0.3 is 10.3 Å². The molecule has 2 aromatic rings. The molecule has 0 bridgehead atoms. The van der Waals surface area contributed by atoms with Gasteiger partial charge in [-0.05, 0) is 38.0 Å². The molecule has 1 aromatic carbocycles. The Morgan fingerprint density at radius 2 is 2.25 bits per heavy atom. The van der Waals surface area contributed by atoms with Crippen molar-refractivity contribution in [3.8, 4) is 0 Å². The van der Waals surface area contributed by atoms with Crippen molar-refractivity contribution < 1.29 is 4.79 Å². The molecular formula is C16H21N3O. The minimum absolute atomic E-state index is 0.0128. The predicted octanol–water partition coefficient (Wildman–Crippen LogP) is 3.40. The van der Waals surface area contributed by atoms with E-state index in [0.29, 0.717) is 6.42 Å². The summed E-state index contributed by atoms with van der Waals surface area (Å²) >= 11 is 0. The normalized spacial score (nSPS) is 12.9. The highest BCUT2D eigenvalue weighted by molar-refractivity contribution is 5.78. The van der Waals surface area contributed by atoms with Crippen LogP contribution < -0.4 is 5.32 Å². The standard InChI is InChI=1S/C16H21N3O/c1-4-5-6-7-15(20)17-12(3)16-18-13-9-8-11(2)10-14(13)19-16/h5-6,8-10,12H,4,7H2,1-3H3,(H,17,20)(H,18,19)/b6-5+/t12-/m1/s1. The summed E-state index contributed by atoms with van der Waals surface area (Å²) in [4.78, 5) is 19.5. The zero-order valence-corrected chi connectivity index (χ0v) is 12.2. The summed E-state index contributed by atoms with van der Waals surface area (Å²) in [6.07, 6.45) is 5.25. The summed E-state index contributed by atoms with van der Waals surface area (Å²) in [5.41, 5.74) is 3.12. The maximum absolute atomic E-state index is 11.8. The van der Waals surface area contributed by atoms with E-state index >= 15 is 0 Å². The highest BCUT2D eigenvalue weighted by atomic mass is 16.1. The number of aryl methyl sites for hydroxylation is 1. The number of carbonyl (C=O) groups is 1. The maximum atomic E-state index is 11.8. The second kappa shape index (κ2) is 6.37. The topological polar surface area (TPSA) is 57.8 Å². The number of amides is 1. The number of benzene rings is 1. The maximum Gasteiger partial charge on any atom is 0.224 e. The van der Waals surface area contributed by atoms with Crippen LogP contribution in [0.5, 0.6) is 0 Å². The Labute approximate surface area is 119 Å². The van der Waals surface area contributed by atoms with Gasteiger partial charge in [-0.3, -0.25) is 4.79 Å². The summed E-state index contributed by atoms with van der Waals surface area (Å²) in [6, 6.07) is 5.96. The molecule has 20 heavy (non-hydrogen) atoms. The van der Waals surface area contributed by atoms with Crippen LogP contribution in [0.3, 0.4) is 0 Å². The molecule has 0 saturated heterocycles. The number of imidazole rings is 1. The number of rotatable bonds is 5. The van der Waals surface area contributed by atoms with E-state index in [-0.39, 0.29) is 11.9 Å². The zero-order valence-electron chi connectivity index (χ0n) is 12.2. The molecule has 0 aliphatic rings. The van der Waals surface area contributed by atoms with E-state index in [2.05, 4.69) is 21.4 Å². The third-order valence-electron chi connectivity index (χ3n) is 3.15. The molecule has 4 nitrogen and oxygen atoms in total. The average Bonchev–Trinajstić information content (AvgIpc) is 2.82. The van der Waals surface area contributed by atoms with E-state index in [9.17, 15) is 4.79 Å². The number of nitrogens with zero attached hydrogens (tertiary/aromatic N) is 1. The van der Waals surface area contributed by atoms with E-state index in [0.717, 1.165) is 23.3 Å². The number of aromatic nitrogens is 2. The van der Waals surface area contributed by atoms with E-state index in [4.69, 9.17) is 0 Å². The molecule has 2 rings (SSSR count). The molecule has 1 atom stereocenters. The fourth-order valence-corrected chi connectivity index (χ4v) is 2.07. The van der Waals surface area contributed by atoms with Crippen LogP contribution in [0.25, 0.3) is 11.0 Å². The largest absolute Gasteiger partial charge is 0.346 e. The molecule has 0 spiro atoms. The first kappa shape index (κ1) is 14.3. The first-order valence-electron chi connectivity index (χ1n) is 7.00. The summed E-state index contributed by atoms with van der Waals surface area (Å²) in [7, 11) is 0. The van der Waals surface area contributed by atoms with Gasteiger partial charge in [-0.15, -0.1) is 0 Å². The molecule has 4 heteroatoms. The number of hydrogen-bond donors (Lipinski definition) is 2. The number of carbonyl (C=O) groups excluding carboxylic acids is 1. The van der Waals surface area contributed by atoms with E-state index in [1.165, 1.54) is 5.56 Å². The van der Waals surface area contributed by atoms with Gasteiger partial charge in [0.2, 0.25) is 5.91 Å². The van der Waals surface area contributed by atoms with Crippen LogP contribution in [0.15, 0.2) is 30.4 Å². The van der Waals surface area contributed by atoms with Gasteiger partial charge in [-0.1, -0.05) is 25.1 Å². The second-order valence-electron chi connectivity index (χ2n) is 5.02. The minimum atomic E-state index is -0.120. The fourth-order valence-electron chi connectivity index (χ4n) is 2.07. The van der Waals surface area contributed by atoms with Crippen LogP contribution in [-0.2, 0) is 4.79 Å². The Bertz CT molecular complexity index is 628. The van der Waals surface area contributed by atoms with E-state index in [1.54, 1.807) is 0 Å². The average molecular weight is 271 g/mol. The lowest BCUT2D eigenvalue weighted by atomic mass is 10.2. The third-order valence-corrected chi connectivity index (χ3v) is 3.15. The van der Waals surface area contributed by atoms with Gasteiger partial charge in [0.05, 0.1) is 17.1 Å². The number of nitrogens with one attached hydrogen (secondary N) is 2. The summed E-state index contributed by atoms with van der Waals surface area (Å²) in [6.45, 7) is 6.03. The Hall–Kier alpha value is -2.10. The van der Waals surface area contributed by atoms with Crippen molar-refractivity contribution in [2.75, 3.05) is 0 Å².